The molecule has 4 rings (SSSR count). The van der Waals surface area contributed by atoms with Crippen LogP contribution in [-0.2, 0) is 11.3 Å². The van der Waals surface area contributed by atoms with Gasteiger partial charge in [0.1, 0.15) is 5.75 Å². The van der Waals surface area contributed by atoms with E-state index in [2.05, 4.69) is 25.2 Å². The molecule has 2 aromatic carbocycles. The number of para-hydroxylation sites is 1. The lowest BCUT2D eigenvalue weighted by Crippen LogP contribution is -2.21. The number of hydrogen-bond donors (Lipinski definition) is 1. The van der Waals surface area contributed by atoms with Crippen molar-refractivity contribution in [2.75, 3.05) is 24.2 Å². The predicted molar refractivity (Wildman–Crippen MR) is 123 cm³/mol. The van der Waals surface area contributed by atoms with E-state index in [9.17, 15) is 13.6 Å². The van der Waals surface area contributed by atoms with Crippen LogP contribution in [0.25, 0.3) is 5.69 Å². The van der Waals surface area contributed by atoms with Gasteiger partial charge in [0.2, 0.25) is 5.91 Å². The summed E-state index contributed by atoms with van der Waals surface area (Å²) in [4.78, 5) is 14.8. The fraction of sp³-hybridized carbons (Fsp3) is 0.318. The lowest BCUT2D eigenvalue weighted by Gasteiger charge is -2.16. The number of aromatic nitrogens is 3. The van der Waals surface area contributed by atoms with E-state index in [4.69, 9.17) is 11.6 Å². The van der Waals surface area contributed by atoms with Crippen LogP contribution in [0.2, 0.25) is 5.02 Å². The van der Waals surface area contributed by atoms with Crippen LogP contribution in [0.1, 0.15) is 18.7 Å². The van der Waals surface area contributed by atoms with Crippen molar-refractivity contribution in [1.29, 1.82) is 0 Å². The molecule has 0 spiro atoms. The first kappa shape index (κ1) is 23.5. The van der Waals surface area contributed by atoms with E-state index in [1.165, 1.54) is 42.8 Å². The zero-order valence-electron chi connectivity index (χ0n) is 17.6. The van der Waals surface area contributed by atoms with Crippen LogP contribution < -0.4 is 10.1 Å². The van der Waals surface area contributed by atoms with E-state index in [0.29, 0.717) is 17.4 Å². The lowest BCUT2D eigenvalue weighted by atomic mass is 10.3. The number of alkyl halides is 2. The molecule has 2 heterocycles. The van der Waals surface area contributed by atoms with E-state index >= 15 is 0 Å². The number of thioether (sulfide) groups is 1. The monoisotopic (exact) mass is 493 g/mol. The fourth-order valence-electron chi connectivity index (χ4n) is 3.57. The predicted octanol–water partition coefficient (Wildman–Crippen LogP) is 4.85. The number of halogens is 3. The highest BCUT2D eigenvalue weighted by molar-refractivity contribution is 7.99. The molecule has 174 valence electrons. The van der Waals surface area contributed by atoms with Gasteiger partial charge in [-0.05, 0) is 56.3 Å². The molecular formula is C22H22ClF2N5O2S. The average Bonchev–Trinajstić information content (AvgIpc) is 3.45. The Hall–Kier alpha value is -2.69. The second-order valence-electron chi connectivity index (χ2n) is 7.41. The Morgan fingerprint density at radius 2 is 1.91 bits per heavy atom. The molecule has 1 amide bonds. The maximum absolute atomic E-state index is 12.5. The Kier molecular flexibility index (Phi) is 7.79. The molecule has 1 N–H and O–H groups in total. The summed E-state index contributed by atoms with van der Waals surface area (Å²) in [7, 11) is 0. The van der Waals surface area contributed by atoms with Gasteiger partial charge in [0, 0.05) is 11.4 Å². The molecule has 0 saturated carbocycles. The molecule has 7 nitrogen and oxygen atoms in total. The number of carbonyl (C=O) groups excluding carboxylic acids is 1. The van der Waals surface area contributed by atoms with Gasteiger partial charge >= 0.3 is 6.61 Å². The molecular weight excluding hydrogens is 472 g/mol. The molecule has 11 heteroatoms. The van der Waals surface area contributed by atoms with Crippen molar-refractivity contribution in [3.05, 3.63) is 59.4 Å². The van der Waals surface area contributed by atoms with Crippen molar-refractivity contribution in [3.63, 3.8) is 0 Å². The van der Waals surface area contributed by atoms with Crippen molar-refractivity contribution >= 4 is 35.0 Å². The van der Waals surface area contributed by atoms with Crippen LogP contribution in [0.3, 0.4) is 0 Å². The van der Waals surface area contributed by atoms with E-state index in [1.54, 1.807) is 0 Å². The van der Waals surface area contributed by atoms with Gasteiger partial charge in [-0.3, -0.25) is 14.3 Å². The first-order valence-electron chi connectivity index (χ1n) is 10.4. The van der Waals surface area contributed by atoms with Gasteiger partial charge < -0.3 is 10.1 Å². The summed E-state index contributed by atoms with van der Waals surface area (Å²) in [6.07, 6.45) is 2.36. The first-order chi connectivity index (χ1) is 16.0. The number of carbonyl (C=O) groups is 1. The zero-order chi connectivity index (χ0) is 23.2. The number of hydrogen-bond acceptors (Lipinski definition) is 6. The number of amides is 1. The topological polar surface area (TPSA) is 72.3 Å². The molecule has 33 heavy (non-hydrogen) atoms. The number of rotatable bonds is 9. The van der Waals surface area contributed by atoms with Crippen LogP contribution in [0.5, 0.6) is 5.75 Å². The zero-order valence-corrected chi connectivity index (χ0v) is 19.2. The van der Waals surface area contributed by atoms with Crippen LogP contribution in [-0.4, -0.2) is 51.0 Å². The average molecular weight is 494 g/mol. The molecule has 1 aliphatic heterocycles. The summed E-state index contributed by atoms with van der Waals surface area (Å²) in [5.74, 6) is 0.469. The van der Waals surface area contributed by atoms with E-state index < -0.39 is 6.61 Å². The summed E-state index contributed by atoms with van der Waals surface area (Å²) in [5.41, 5.74) is 1.31. The third-order valence-electron chi connectivity index (χ3n) is 5.04. The number of nitrogens with zero attached hydrogens (tertiary/aromatic N) is 4. The molecule has 0 unspecified atom stereocenters. The Morgan fingerprint density at radius 3 is 2.61 bits per heavy atom. The molecule has 0 atom stereocenters. The molecule has 1 aromatic heterocycles. The third kappa shape index (κ3) is 6.21. The standard InChI is InChI=1S/C22H22ClF2N5O2S/c23-17-12-15(8-9-18(17)32-21(24)25)26-20(31)14-33-22-28-27-19(13-29-10-4-5-11-29)30(22)16-6-2-1-3-7-16/h1-3,6-9,12,21H,4-5,10-11,13-14H2,(H,26,31). The first-order valence-corrected chi connectivity index (χ1v) is 11.7. The molecule has 0 aliphatic carbocycles. The van der Waals surface area contributed by atoms with Crippen LogP contribution >= 0.6 is 23.4 Å². The molecule has 1 aliphatic rings. The fourth-order valence-corrected chi connectivity index (χ4v) is 4.57. The highest BCUT2D eigenvalue weighted by Gasteiger charge is 2.20. The Balaban J connectivity index is 1.44. The normalized spacial score (nSPS) is 14.1. The van der Waals surface area contributed by atoms with Gasteiger partial charge in [-0.1, -0.05) is 41.6 Å². The van der Waals surface area contributed by atoms with E-state index in [1.807, 2.05) is 34.9 Å². The van der Waals surface area contributed by atoms with E-state index in [-0.39, 0.29) is 22.4 Å². The molecule has 1 saturated heterocycles. The summed E-state index contributed by atoms with van der Waals surface area (Å²) in [6.45, 7) is -0.205. The van der Waals surface area contributed by atoms with Gasteiger partial charge in [0.15, 0.2) is 11.0 Å². The molecule has 0 bridgehead atoms. The smallest absolute Gasteiger partial charge is 0.387 e. The summed E-state index contributed by atoms with van der Waals surface area (Å²) in [6, 6.07) is 13.9. The van der Waals surface area contributed by atoms with Crippen molar-refractivity contribution in [2.45, 2.75) is 31.2 Å². The van der Waals surface area contributed by atoms with Gasteiger partial charge in [0.05, 0.1) is 17.3 Å². The number of anilines is 1. The number of likely N-dealkylation sites (tertiary alicyclic amines) is 1. The third-order valence-corrected chi connectivity index (χ3v) is 6.27. The Morgan fingerprint density at radius 1 is 1.15 bits per heavy atom. The van der Waals surface area contributed by atoms with Crippen LogP contribution in [0.15, 0.2) is 53.7 Å². The van der Waals surface area contributed by atoms with Crippen LogP contribution in [0.4, 0.5) is 14.5 Å². The molecule has 0 radical (unpaired) electrons. The largest absolute Gasteiger partial charge is 0.433 e. The Bertz CT molecular complexity index is 1090. The van der Waals surface area contributed by atoms with Gasteiger partial charge in [0.25, 0.3) is 0 Å². The van der Waals surface area contributed by atoms with Gasteiger partial charge in [-0.25, -0.2) is 0 Å². The van der Waals surface area contributed by atoms with Gasteiger partial charge in [-0.2, -0.15) is 8.78 Å². The summed E-state index contributed by atoms with van der Waals surface area (Å²) < 4.78 is 31.0. The lowest BCUT2D eigenvalue weighted by molar-refractivity contribution is -0.113. The minimum Gasteiger partial charge on any atom is -0.433 e. The van der Waals surface area contributed by atoms with Crippen molar-refractivity contribution < 1.29 is 18.3 Å². The van der Waals surface area contributed by atoms with E-state index in [0.717, 1.165) is 24.6 Å². The quantitative estimate of drug-likeness (QED) is 0.430. The van der Waals surface area contributed by atoms with Crippen LogP contribution in [0, 0.1) is 0 Å². The van der Waals surface area contributed by atoms with Crippen molar-refractivity contribution in [2.24, 2.45) is 0 Å². The van der Waals surface area contributed by atoms with Crippen molar-refractivity contribution in [1.82, 2.24) is 19.7 Å². The number of nitrogens with one attached hydrogen (secondary N) is 1. The minimum atomic E-state index is -2.98. The summed E-state index contributed by atoms with van der Waals surface area (Å²) >= 11 is 7.22. The molecule has 1 fully saturated rings. The second kappa shape index (κ2) is 11.0. The maximum Gasteiger partial charge on any atom is 0.387 e. The number of ether oxygens (including phenoxy) is 1. The SMILES string of the molecule is O=C(CSc1nnc(CN2CCCC2)n1-c1ccccc1)Nc1ccc(OC(F)F)c(Cl)c1. The highest BCUT2D eigenvalue weighted by Crippen LogP contribution is 2.29. The van der Waals surface area contributed by atoms with Gasteiger partial charge in [-0.15, -0.1) is 10.2 Å². The number of benzene rings is 2. The highest BCUT2D eigenvalue weighted by atomic mass is 35.5. The second-order valence-corrected chi connectivity index (χ2v) is 8.76. The minimum absolute atomic E-state index is 0.0175. The Labute approximate surface area is 199 Å². The molecule has 3 aromatic rings. The summed E-state index contributed by atoms with van der Waals surface area (Å²) in [5, 5.41) is 12.0. The maximum atomic E-state index is 12.5. The van der Waals surface area contributed by atoms with Crippen molar-refractivity contribution in [3.8, 4) is 11.4 Å².